The molecule has 0 aromatic rings. The van der Waals surface area contributed by atoms with Crippen LogP contribution in [0.5, 0.6) is 0 Å². The molecule has 5 heteroatoms. The molecule has 0 saturated heterocycles. The van der Waals surface area contributed by atoms with Gasteiger partial charge in [-0.1, -0.05) is 25.8 Å². The third kappa shape index (κ3) is 5.18. The molecule has 0 aromatic carbocycles. The number of rotatable bonds is 3. The minimum atomic E-state index is -3.46. The van der Waals surface area contributed by atoms with Crippen LogP contribution < -0.4 is 0 Å². The van der Waals surface area contributed by atoms with Crippen LogP contribution in [0.4, 0.5) is 0 Å². The van der Waals surface area contributed by atoms with Crippen LogP contribution in [0.25, 0.3) is 0 Å². The summed E-state index contributed by atoms with van der Waals surface area (Å²) >= 11 is 0. The van der Waals surface area contributed by atoms with E-state index >= 15 is 0 Å². The molecule has 0 spiro atoms. The summed E-state index contributed by atoms with van der Waals surface area (Å²) in [5.41, 5.74) is 0. The average Bonchev–Trinajstić information content (AvgIpc) is 2.06. The molecule has 0 amide bonds. The Morgan fingerprint density at radius 3 is 2.23 bits per heavy atom. The van der Waals surface area contributed by atoms with Gasteiger partial charge in [0.15, 0.2) is 0 Å². The Labute approximate surface area is 102 Å². The summed E-state index contributed by atoms with van der Waals surface area (Å²) in [6, 6.07) is 0. The van der Waals surface area contributed by atoms with E-state index in [-0.39, 0.29) is 35.7 Å². The van der Waals surface area contributed by atoms with Crippen molar-refractivity contribution in [1.82, 2.24) is 0 Å². The minimum absolute atomic E-state index is 0. The predicted octanol–water partition coefficient (Wildman–Crippen LogP) is 1.16. The van der Waals surface area contributed by atoms with Gasteiger partial charge in [0.1, 0.15) is 0 Å². The topological polar surface area (TPSA) is 43.4 Å². The molecule has 1 aliphatic rings. The molecule has 3 nitrogen and oxygen atoms in total. The molecule has 0 N–H and O–H groups in total. The van der Waals surface area contributed by atoms with Crippen molar-refractivity contribution in [2.75, 3.05) is 0 Å². The van der Waals surface area contributed by atoms with Crippen LogP contribution in [-0.2, 0) is 14.3 Å². The number of hydrogen-bond donors (Lipinski definition) is 0. The van der Waals surface area contributed by atoms with E-state index in [1.807, 2.05) is 0 Å². The summed E-state index contributed by atoms with van der Waals surface area (Å²) in [6.45, 7) is 3.18. The van der Waals surface area contributed by atoms with Gasteiger partial charge in [-0.05, 0) is 12.8 Å². The van der Waals surface area contributed by atoms with Crippen molar-refractivity contribution in [2.45, 2.75) is 38.2 Å². The molecule has 0 aromatic heterocycles. The maximum atomic E-state index is 10.9. The van der Waals surface area contributed by atoms with Gasteiger partial charge in [0, 0.05) is 0 Å². The van der Waals surface area contributed by atoms with E-state index in [2.05, 4.69) is 6.58 Å². The van der Waals surface area contributed by atoms with Gasteiger partial charge in [0.05, 0.1) is 11.5 Å². The Morgan fingerprint density at radius 1 is 1.23 bits per heavy atom. The second kappa shape index (κ2) is 6.19. The Bertz CT molecular complexity index is 242. The SMILES string of the molecule is C=CS(=O)(=O)OC1CCCCC1.[NaH]. The van der Waals surface area contributed by atoms with Gasteiger partial charge in [-0.25, -0.2) is 0 Å². The molecule has 1 rings (SSSR count). The molecule has 0 heterocycles. The van der Waals surface area contributed by atoms with Crippen molar-refractivity contribution in [3.05, 3.63) is 12.0 Å². The van der Waals surface area contributed by atoms with Gasteiger partial charge in [-0.3, -0.25) is 4.18 Å². The Kier molecular flexibility index (Phi) is 6.50. The average molecular weight is 214 g/mol. The molecular formula is C8H15NaO3S. The van der Waals surface area contributed by atoms with E-state index in [1.165, 1.54) is 6.42 Å². The first-order valence-electron chi connectivity index (χ1n) is 4.20. The van der Waals surface area contributed by atoms with Gasteiger partial charge in [0.25, 0.3) is 10.1 Å². The fraction of sp³-hybridized carbons (Fsp3) is 0.750. The first kappa shape index (κ1) is 13.7. The molecule has 0 radical (unpaired) electrons. The van der Waals surface area contributed by atoms with Crippen molar-refractivity contribution in [3.63, 3.8) is 0 Å². The fourth-order valence-electron chi connectivity index (χ4n) is 1.39. The van der Waals surface area contributed by atoms with Crippen LogP contribution in [0.1, 0.15) is 32.1 Å². The quantitative estimate of drug-likeness (QED) is 0.523. The van der Waals surface area contributed by atoms with E-state index in [9.17, 15) is 8.42 Å². The second-order valence-corrected chi connectivity index (χ2v) is 4.53. The van der Waals surface area contributed by atoms with Gasteiger partial charge < -0.3 is 0 Å². The van der Waals surface area contributed by atoms with Gasteiger partial charge in [-0.2, -0.15) is 8.42 Å². The standard InChI is InChI=1S/C8H14O3S.Na.H/c1-2-12(9,10)11-8-6-4-3-5-7-8;;/h2,8H,1,3-7H2;;. The van der Waals surface area contributed by atoms with E-state index in [4.69, 9.17) is 4.18 Å². The zero-order valence-corrected chi connectivity index (χ0v) is 7.85. The van der Waals surface area contributed by atoms with Crippen molar-refractivity contribution in [1.29, 1.82) is 0 Å². The number of hydrogen-bond acceptors (Lipinski definition) is 3. The predicted molar refractivity (Wildman–Crippen MR) is 54.2 cm³/mol. The van der Waals surface area contributed by atoms with Gasteiger partial charge in [0.2, 0.25) is 0 Å². The molecule has 1 aliphatic carbocycles. The van der Waals surface area contributed by atoms with Crippen molar-refractivity contribution in [3.8, 4) is 0 Å². The molecule has 1 saturated carbocycles. The van der Waals surface area contributed by atoms with Crippen molar-refractivity contribution in [2.24, 2.45) is 0 Å². The van der Waals surface area contributed by atoms with Crippen molar-refractivity contribution < 1.29 is 12.6 Å². The molecule has 1 fully saturated rings. The van der Waals surface area contributed by atoms with Gasteiger partial charge in [-0.15, -0.1) is 0 Å². The van der Waals surface area contributed by atoms with Gasteiger partial charge >= 0.3 is 29.6 Å². The fourth-order valence-corrected chi connectivity index (χ4v) is 2.04. The molecule has 13 heavy (non-hydrogen) atoms. The van der Waals surface area contributed by atoms with Crippen LogP contribution in [0.3, 0.4) is 0 Å². The Morgan fingerprint density at radius 2 is 1.77 bits per heavy atom. The first-order chi connectivity index (χ1) is 5.64. The zero-order chi connectivity index (χ0) is 9.03. The van der Waals surface area contributed by atoms with Crippen LogP contribution in [0.15, 0.2) is 12.0 Å². The summed E-state index contributed by atoms with van der Waals surface area (Å²) < 4.78 is 26.7. The third-order valence-corrected chi connectivity index (χ3v) is 2.98. The molecular weight excluding hydrogens is 199 g/mol. The summed E-state index contributed by atoms with van der Waals surface area (Å²) in [7, 11) is -3.46. The van der Waals surface area contributed by atoms with E-state index in [0.717, 1.165) is 31.1 Å². The maximum absolute atomic E-state index is 10.9. The molecule has 72 valence electrons. The summed E-state index contributed by atoms with van der Waals surface area (Å²) in [5, 5.41) is 0.863. The van der Waals surface area contributed by atoms with Crippen LogP contribution in [-0.4, -0.2) is 44.1 Å². The molecule has 0 atom stereocenters. The van der Waals surface area contributed by atoms with Crippen molar-refractivity contribution >= 4 is 39.7 Å². The van der Waals surface area contributed by atoms with E-state index in [1.54, 1.807) is 0 Å². The summed E-state index contributed by atoms with van der Waals surface area (Å²) in [6.07, 6.45) is 4.92. The normalized spacial score (nSPS) is 19.1. The summed E-state index contributed by atoms with van der Waals surface area (Å²) in [4.78, 5) is 0. The Hall–Kier alpha value is 0.650. The second-order valence-electron chi connectivity index (χ2n) is 3.02. The molecule has 0 aliphatic heterocycles. The van der Waals surface area contributed by atoms with E-state index < -0.39 is 10.1 Å². The summed E-state index contributed by atoms with van der Waals surface area (Å²) in [5.74, 6) is 0. The monoisotopic (exact) mass is 214 g/mol. The Balaban J connectivity index is 0.00000144. The first-order valence-corrected chi connectivity index (χ1v) is 5.67. The third-order valence-electron chi connectivity index (χ3n) is 2.03. The molecule has 0 unspecified atom stereocenters. The zero-order valence-electron chi connectivity index (χ0n) is 7.03. The molecule has 0 bridgehead atoms. The van der Waals surface area contributed by atoms with Crippen LogP contribution >= 0.6 is 0 Å². The van der Waals surface area contributed by atoms with Crippen LogP contribution in [0.2, 0.25) is 0 Å². The van der Waals surface area contributed by atoms with Crippen LogP contribution in [0, 0.1) is 0 Å². The van der Waals surface area contributed by atoms with E-state index in [0.29, 0.717) is 0 Å².